The van der Waals surface area contributed by atoms with Crippen LogP contribution in [0.1, 0.15) is 12.5 Å². The van der Waals surface area contributed by atoms with Gasteiger partial charge in [0.15, 0.2) is 5.82 Å². The maximum atomic E-state index is 12.6. The molecule has 2 heterocycles. The summed E-state index contributed by atoms with van der Waals surface area (Å²) in [5.41, 5.74) is 3.51. The zero-order valence-corrected chi connectivity index (χ0v) is 17.4. The third kappa shape index (κ3) is 4.79. The highest BCUT2D eigenvalue weighted by Crippen LogP contribution is 2.21. The average molecular weight is 408 g/mol. The van der Waals surface area contributed by atoms with Crippen molar-refractivity contribution in [3.05, 3.63) is 60.2 Å². The molecule has 1 N–H and O–H groups in total. The van der Waals surface area contributed by atoms with Gasteiger partial charge in [-0.15, -0.1) is 5.10 Å². The molecule has 2 aromatic carbocycles. The van der Waals surface area contributed by atoms with E-state index in [-0.39, 0.29) is 5.91 Å². The lowest BCUT2D eigenvalue weighted by molar-refractivity contribution is -0.128. The Labute approximate surface area is 175 Å². The molecule has 0 bridgehead atoms. The monoisotopic (exact) mass is 407 g/mol. The van der Waals surface area contributed by atoms with E-state index in [0.717, 1.165) is 44.0 Å². The Morgan fingerprint density at radius 3 is 2.45 bits per heavy atom. The summed E-state index contributed by atoms with van der Waals surface area (Å²) >= 11 is 1.38. The van der Waals surface area contributed by atoms with Gasteiger partial charge in [-0.3, -0.25) is 9.89 Å². The molecule has 7 heteroatoms. The van der Waals surface area contributed by atoms with Crippen LogP contribution in [0.5, 0.6) is 0 Å². The number of piperazine rings is 1. The second-order valence-electron chi connectivity index (χ2n) is 7.01. The van der Waals surface area contributed by atoms with Crippen LogP contribution in [-0.4, -0.2) is 57.9 Å². The number of rotatable bonds is 6. The predicted octanol–water partition coefficient (Wildman–Crippen LogP) is 3.48. The fourth-order valence-corrected chi connectivity index (χ4v) is 4.11. The fourth-order valence-electron chi connectivity index (χ4n) is 3.41. The minimum absolute atomic E-state index is 0.140. The van der Waals surface area contributed by atoms with Crippen molar-refractivity contribution in [3.63, 3.8) is 0 Å². The first-order valence-corrected chi connectivity index (χ1v) is 10.9. The van der Waals surface area contributed by atoms with Crippen molar-refractivity contribution >= 4 is 23.4 Å². The highest BCUT2D eigenvalue weighted by molar-refractivity contribution is 7.99. The van der Waals surface area contributed by atoms with Gasteiger partial charge in [-0.05, 0) is 24.1 Å². The molecule has 0 radical (unpaired) electrons. The minimum atomic E-state index is 0.140. The Morgan fingerprint density at radius 2 is 1.76 bits per heavy atom. The van der Waals surface area contributed by atoms with Crippen molar-refractivity contribution in [2.24, 2.45) is 0 Å². The number of para-hydroxylation sites is 1. The van der Waals surface area contributed by atoms with Crippen LogP contribution in [0, 0.1) is 0 Å². The third-order valence-corrected chi connectivity index (χ3v) is 6.01. The van der Waals surface area contributed by atoms with Gasteiger partial charge in [0.1, 0.15) is 0 Å². The summed E-state index contributed by atoms with van der Waals surface area (Å²) in [5, 5.41) is 7.83. The lowest BCUT2D eigenvalue weighted by Crippen LogP contribution is -2.49. The zero-order valence-electron chi connectivity index (χ0n) is 16.5. The van der Waals surface area contributed by atoms with E-state index >= 15 is 0 Å². The first kappa shape index (κ1) is 19.5. The number of nitrogens with zero attached hydrogens (tertiary/aromatic N) is 4. The molecule has 0 aliphatic carbocycles. The van der Waals surface area contributed by atoms with Crippen molar-refractivity contribution in [1.29, 1.82) is 0 Å². The Balaban J connectivity index is 1.27. The summed E-state index contributed by atoms with van der Waals surface area (Å²) in [6.45, 7) is 5.35. The Bertz CT molecular complexity index is 933. The number of aryl methyl sites for hydroxylation is 1. The van der Waals surface area contributed by atoms with Gasteiger partial charge in [0.05, 0.1) is 5.75 Å². The highest BCUT2D eigenvalue weighted by atomic mass is 32.2. The second kappa shape index (κ2) is 9.13. The molecule has 1 aliphatic heterocycles. The Hall–Kier alpha value is -2.80. The van der Waals surface area contributed by atoms with E-state index < -0.39 is 0 Å². The number of nitrogens with one attached hydrogen (secondary N) is 1. The number of hydrogen-bond donors (Lipinski definition) is 1. The summed E-state index contributed by atoms with van der Waals surface area (Å²) < 4.78 is 0. The van der Waals surface area contributed by atoms with E-state index in [1.165, 1.54) is 23.0 Å². The number of benzene rings is 2. The van der Waals surface area contributed by atoms with Gasteiger partial charge in [-0.1, -0.05) is 61.2 Å². The number of aromatic nitrogens is 3. The minimum Gasteiger partial charge on any atom is -0.368 e. The number of carbonyl (C=O) groups is 1. The average Bonchev–Trinajstić information content (AvgIpc) is 3.27. The van der Waals surface area contributed by atoms with Crippen molar-refractivity contribution in [3.8, 4) is 11.4 Å². The van der Waals surface area contributed by atoms with Crippen LogP contribution in [0.15, 0.2) is 59.8 Å². The Kier molecular flexibility index (Phi) is 6.14. The van der Waals surface area contributed by atoms with Gasteiger partial charge < -0.3 is 9.80 Å². The van der Waals surface area contributed by atoms with Crippen molar-refractivity contribution in [2.45, 2.75) is 18.5 Å². The Morgan fingerprint density at radius 1 is 1.03 bits per heavy atom. The SMILES string of the molecule is CCc1ccc(-c2nc(SCC(=O)N3CCN(c4ccccc4)CC3)n[nH]2)cc1. The molecule has 1 fully saturated rings. The molecular weight excluding hydrogens is 382 g/mol. The molecular formula is C22H25N5OS. The van der Waals surface area contributed by atoms with Gasteiger partial charge in [0.2, 0.25) is 11.1 Å². The molecule has 0 spiro atoms. The molecule has 1 amide bonds. The number of hydrogen-bond acceptors (Lipinski definition) is 5. The molecule has 4 rings (SSSR count). The molecule has 3 aromatic rings. The van der Waals surface area contributed by atoms with Crippen LogP contribution in [0.3, 0.4) is 0 Å². The smallest absolute Gasteiger partial charge is 0.233 e. The van der Waals surface area contributed by atoms with Crippen molar-refractivity contribution < 1.29 is 4.79 Å². The molecule has 0 atom stereocenters. The van der Waals surface area contributed by atoms with Crippen LogP contribution < -0.4 is 4.90 Å². The van der Waals surface area contributed by atoms with E-state index in [9.17, 15) is 4.79 Å². The van der Waals surface area contributed by atoms with Crippen LogP contribution in [0.25, 0.3) is 11.4 Å². The van der Waals surface area contributed by atoms with Gasteiger partial charge in [-0.25, -0.2) is 4.98 Å². The van der Waals surface area contributed by atoms with Gasteiger partial charge in [-0.2, -0.15) is 0 Å². The predicted molar refractivity (Wildman–Crippen MR) is 117 cm³/mol. The number of carbonyl (C=O) groups excluding carboxylic acids is 1. The number of anilines is 1. The first-order valence-electron chi connectivity index (χ1n) is 9.95. The molecule has 1 aliphatic rings. The van der Waals surface area contributed by atoms with Crippen LogP contribution >= 0.6 is 11.8 Å². The molecule has 0 saturated carbocycles. The van der Waals surface area contributed by atoms with E-state index in [1.54, 1.807) is 0 Å². The normalized spacial score (nSPS) is 14.2. The maximum absolute atomic E-state index is 12.6. The maximum Gasteiger partial charge on any atom is 0.233 e. The van der Waals surface area contributed by atoms with E-state index in [2.05, 4.69) is 51.3 Å². The fraction of sp³-hybridized carbons (Fsp3) is 0.318. The number of H-pyrrole nitrogens is 1. The zero-order chi connectivity index (χ0) is 20.1. The summed E-state index contributed by atoms with van der Waals surface area (Å²) in [4.78, 5) is 21.4. The topological polar surface area (TPSA) is 65.1 Å². The third-order valence-electron chi connectivity index (χ3n) is 5.18. The number of thioether (sulfide) groups is 1. The van der Waals surface area contributed by atoms with Gasteiger partial charge >= 0.3 is 0 Å². The molecule has 1 saturated heterocycles. The quantitative estimate of drug-likeness (QED) is 0.634. The molecule has 6 nitrogen and oxygen atoms in total. The van der Waals surface area contributed by atoms with Gasteiger partial charge in [0, 0.05) is 37.4 Å². The lowest BCUT2D eigenvalue weighted by atomic mass is 10.1. The van der Waals surface area contributed by atoms with Crippen molar-refractivity contribution in [1.82, 2.24) is 20.1 Å². The molecule has 29 heavy (non-hydrogen) atoms. The van der Waals surface area contributed by atoms with Crippen molar-refractivity contribution in [2.75, 3.05) is 36.8 Å². The second-order valence-corrected chi connectivity index (χ2v) is 7.95. The summed E-state index contributed by atoms with van der Waals surface area (Å²) in [5.74, 6) is 1.23. The molecule has 150 valence electrons. The number of amides is 1. The summed E-state index contributed by atoms with van der Waals surface area (Å²) in [7, 11) is 0. The molecule has 1 aromatic heterocycles. The number of aromatic amines is 1. The van der Waals surface area contributed by atoms with Crippen LogP contribution in [0.2, 0.25) is 0 Å². The van der Waals surface area contributed by atoms with E-state index in [4.69, 9.17) is 0 Å². The largest absolute Gasteiger partial charge is 0.368 e. The van der Waals surface area contributed by atoms with E-state index in [0.29, 0.717) is 10.9 Å². The van der Waals surface area contributed by atoms with Crippen LogP contribution in [-0.2, 0) is 11.2 Å². The molecule has 0 unspecified atom stereocenters. The summed E-state index contributed by atoms with van der Waals surface area (Å²) in [6.07, 6.45) is 1.01. The standard InChI is InChI=1S/C22H25N5OS/c1-2-17-8-10-18(11-9-17)21-23-22(25-24-21)29-16-20(28)27-14-12-26(13-15-27)19-6-4-3-5-7-19/h3-11H,2,12-16H2,1H3,(H,23,24,25). The first-order chi connectivity index (χ1) is 14.2. The van der Waals surface area contributed by atoms with Gasteiger partial charge in [0.25, 0.3) is 0 Å². The lowest BCUT2D eigenvalue weighted by Gasteiger charge is -2.36. The summed E-state index contributed by atoms with van der Waals surface area (Å²) in [6, 6.07) is 18.6. The van der Waals surface area contributed by atoms with E-state index in [1.807, 2.05) is 35.2 Å². The van der Waals surface area contributed by atoms with Crippen LogP contribution in [0.4, 0.5) is 5.69 Å². The highest BCUT2D eigenvalue weighted by Gasteiger charge is 2.21.